The van der Waals surface area contributed by atoms with Gasteiger partial charge in [-0.1, -0.05) is 25.5 Å². The van der Waals surface area contributed by atoms with E-state index in [2.05, 4.69) is 30.6 Å². The zero-order chi connectivity index (χ0) is 15.4. The zero-order valence-electron chi connectivity index (χ0n) is 11.3. The van der Waals surface area contributed by atoms with Gasteiger partial charge in [-0.15, -0.1) is 0 Å². The molecule has 0 aliphatic carbocycles. The van der Waals surface area contributed by atoms with Crippen LogP contribution in [0.2, 0.25) is 0 Å². The Bertz CT molecular complexity index is 638. The molecule has 0 atom stereocenters. The molecule has 0 spiro atoms. The highest BCUT2D eigenvalue weighted by Gasteiger charge is 2.16. The second-order valence-corrected chi connectivity index (χ2v) is 5.11. The molecule has 2 N–H and O–H groups in total. The highest BCUT2D eigenvalue weighted by Crippen LogP contribution is 2.31. The minimum atomic E-state index is -2.91. The van der Waals surface area contributed by atoms with Gasteiger partial charge in [0.25, 0.3) is 0 Å². The van der Waals surface area contributed by atoms with Crippen molar-refractivity contribution in [1.82, 2.24) is 9.97 Å². The summed E-state index contributed by atoms with van der Waals surface area (Å²) in [7, 11) is 0. The smallest absolute Gasteiger partial charge is 0.387 e. The van der Waals surface area contributed by atoms with E-state index < -0.39 is 6.61 Å². The molecular weight excluding hydrogens is 344 g/mol. The molecule has 112 valence electrons. The fraction of sp³-hybridized carbons (Fsp3) is 0.286. The number of nitrogens with two attached hydrogens (primary N) is 1. The molecule has 2 aromatic rings. The first-order valence-corrected chi connectivity index (χ1v) is 7.18. The Morgan fingerprint density at radius 2 is 2.00 bits per heavy atom. The number of hydrogen-bond donors (Lipinski definition) is 1. The van der Waals surface area contributed by atoms with Crippen molar-refractivity contribution < 1.29 is 13.5 Å². The maximum atomic E-state index is 12.5. The Morgan fingerprint density at radius 1 is 1.29 bits per heavy atom. The van der Waals surface area contributed by atoms with Gasteiger partial charge in [-0.3, -0.25) is 0 Å². The third-order valence-corrected chi connectivity index (χ3v) is 3.64. The number of aryl methyl sites for hydroxylation is 1. The molecule has 1 aromatic heterocycles. The standard InChI is InChI=1S/C14H14BrF2N3O/c1-2-5-9-11(15)12(18)20-13(19-9)8-6-3-4-7-10(8)21-14(16)17/h3-4,6-7,14H,2,5H2,1H3,(H2,18,19,20). The van der Waals surface area contributed by atoms with E-state index in [1.807, 2.05) is 6.92 Å². The Labute approximate surface area is 129 Å². The number of para-hydroxylation sites is 1. The minimum Gasteiger partial charge on any atom is -0.434 e. The third-order valence-electron chi connectivity index (χ3n) is 2.78. The van der Waals surface area contributed by atoms with E-state index in [1.165, 1.54) is 6.07 Å². The number of alkyl halides is 2. The monoisotopic (exact) mass is 357 g/mol. The molecule has 2 rings (SSSR count). The summed E-state index contributed by atoms with van der Waals surface area (Å²) in [6, 6.07) is 6.38. The average molecular weight is 358 g/mol. The fourth-order valence-corrected chi connectivity index (χ4v) is 2.26. The van der Waals surface area contributed by atoms with E-state index in [0.717, 1.165) is 12.1 Å². The average Bonchev–Trinajstić information content (AvgIpc) is 2.44. The van der Waals surface area contributed by atoms with Gasteiger partial charge in [-0.25, -0.2) is 9.97 Å². The summed E-state index contributed by atoms with van der Waals surface area (Å²) in [4.78, 5) is 8.55. The van der Waals surface area contributed by atoms with E-state index in [0.29, 0.717) is 16.5 Å². The van der Waals surface area contributed by atoms with Crippen molar-refractivity contribution in [3.8, 4) is 17.1 Å². The van der Waals surface area contributed by atoms with Crippen LogP contribution in [0.4, 0.5) is 14.6 Å². The molecule has 21 heavy (non-hydrogen) atoms. The van der Waals surface area contributed by atoms with Crippen molar-refractivity contribution in [1.29, 1.82) is 0 Å². The van der Waals surface area contributed by atoms with Crippen LogP contribution in [0.5, 0.6) is 5.75 Å². The maximum absolute atomic E-state index is 12.5. The molecule has 0 fully saturated rings. The van der Waals surface area contributed by atoms with E-state index in [1.54, 1.807) is 18.2 Å². The molecule has 0 amide bonds. The lowest BCUT2D eigenvalue weighted by Gasteiger charge is -2.12. The highest BCUT2D eigenvalue weighted by atomic mass is 79.9. The second kappa shape index (κ2) is 6.80. The van der Waals surface area contributed by atoms with Crippen LogP contribution in [-0.4, -0.2) is 16.6 Å². The summed E-state index contributed by atoms with van der Waals surface area (Å²) >= 11 is 3.35. The molecule has 0 aliphatic rings. The summed E-state index contributed by atoms with van der Waals surface area (Å²) in [6.07, 6.45) is 1.59. The number of nitrogens with zero attached hydrogens (tertiary/aromatic N) is 2. The number of anilines is 1. The van der Waals surface area contributed by atoms with Crippen molar-refractivity contribution in [2.75, 3.05) is 5.73 Å². The van der Waals surface area contributed by atoms with Crippen LogP contribution in [0.25, 0.3) is 11.4 Å². The largest absolute Gasteiger partial charge is 0.434 e. The number of hydrogen-bond acceptors (Lipinski definition) is 4. The topological polar surface area (TPSA) is 61.0 Å². The predicted octanol–water partition coefficient (Wildman–Crippen LogP) is 4.04. The van der Waals surface area contributed by atoms with Gasteiger partial charge in [-0.2, -0.15) is 8.78 Å². The Morgan fingerprint density at radius 3 is 2.67 bits per heavy atom. The second-order valence-electron chi connectivity index (χ2n) is 4.32. The Hall–Kier alpha value is -1.76. The summed E-state index contributed by atoms with van der Waals surface area (Å²) in [5.74, 6) is 0.572. The van der Waals surface area contributed by atoms with E-state index >= 15 is 0 Å². The van der Waals surface area contributed by atoms with E-state index in [4.69, 9.17) is 5.73 Å². The van der Waals surface area contributed by atoms with Crippen LogP contribution >= 0.6 is 15.9 Å². The van der Waals surface area contributed by atoms with Crippen LogP contribution in [-0.2, 0) is 6.42 Å². The van der Waals surface area contributed by atoms with Gasteiger partial charge in [-0.05, 0) is 34.5 Å². The van der Waals surface area contributed by atoms with Crippen molar-refractivity contribution in [3.05, 3.63) is 34.4 Å². The Balaban J connectivity index is 2.51. The molecule has 0 bridgehead atoms. The van der Waals surface area contributed by atoms with E-state index in [-0.39, 0.29) is 17.4 Å². The molecule has 1 heterocycles. The summed E-state index contributed by atoms with van der Waals surface area (Å²) in [6.45, 7) is -0.896. The van der Waals surface area contributed by atoms with Gasteiger partial charge in [0.1, 0.15) is 11.6 Å². The molecule has 0 unspecified atom stereocenters. The van der Waals surface area contributed by atoms with Gasteiger partial charge in [0.05, 0.1) is 15.7 Å². The van der Waals surface area contributed by atoms with Gasteiger partial charge in [0.2, 0.25) is 0 Å². The first-order valence-electron chi connectivity index (χ1n) is 6.39. The number of nitrogen functional groups attached to an aromatic ring is 1. The Kier molecular flexibility index (Phi) is 5.06. The number of halogens is 3. The van der Waals surface area contributed by atoms with Crippen LogP contribution < -0.4 is 10.5 Å². The van der Waals surface area contributed by atoms with Crippen LogP contribution in [0.1, 0.15) is 19.0 Å². The number of rotatable bonds is 5. The lowest BCUT2D eigenvalue weighted by atomic mass is 10.1. The number of aromatic nitrogens is 2. The van der Waals surface area contributed by atoms with Crippen LogP contribution in [0.15, 0.2) is 28.7 Å². The summed E-state index contributed by atoms with van der Waals surface area (Å²) in [5, 5.41) is 0. The van der Waals surface area contributed by atoms with E-state index in [9.17, 15) is 8.78 Å². The molecule has 0 aliphatic heterocycles. The van der Waals surface area contributed by atoms with Gasteiger partial charge in [0.15, 0.2) is 5.82 Å². The molecule has 0 radical (unpaired) electrons. The lowest BCUT2D eigenvalue weighted by Crippen LogP contribution is -2.06. The first kappa shape index (κ1) is 15.6. The highest BCUT2D eigenvalue weighted by molar-refractivity contribution is 9.10. The number of benzene rings is 1. The van der Waals surface area contributed by atoms with Crippen molar-refractivity contribution in [2.45, 2.75) is 26.4 Å². The summed E-state index contributed by atoms with van der Waals surface area (Å²) in [5.41, 5.74) is 6.98. The normalized spacial score (nSPS) is 10.9. The van der Waals surface area contributed by atoms with Gasteiger partial charge < -0.3 is 10.5 Å². The SMILES string of the molecule is CCCc1nc(-c2ccccc2OC(F)F)nc(N)c1Br. The molecular formula is C14H14BrF2N3O. The van der Waals surface area contributed by atoms with Gasteiger partial charge in [0, 0.05) is 0 Å². The molecule has 1 aromatic carbocycles. The zero-order valence-corrected chi connectivity index (χ0v) is 12.9. The van der Waals surface area contributed by atoms with Crippen molar-refractivity contribution >= 4 is 21.7 Å². The number of ether oxygens (including phenoxy) is 1. The quantitative estimate of drug-likeness (QED) is 0.876. The van der Waals surface area contributed by atoms with Gasteiger partial charge >= 0.3 is 6.61 Å². The van der Waals surface area contributed by atoms with Crippen LogP contribution in [0, 0.1) is 0 Å². The molecule has 0 saturated heterocycles. The first-order chi connectivity index (χ1) is 10.0. The van der Waals surface area contributed by atoms with Crippen molar-refractivity contribution in [2.24, 2.45) is 0 Å². The maximum Gasteiger partial charge on any atom is 0.387 e. The van der Waals surface area contributed by atoms with Crippen LogP contribution in [0.3, 0.4) is 0 Å². The third kappa shape index (κ3) is 3.66. The lowest BCUT2D eigenvalue weighted by molar-refractivity contribution is -0.0494. The fourth-order valence-electron chi connectivity index (χ4n) is 1.89. The molecule has 7 heteroatoms. The molecule has 4 nitrogen and oxygen atoms in total. The summed E-state index contributed by atoms with van der Waals surface area (Å²) < 4.78 is 30.1. The minimum absolute atomic E-state index is 0.0247. The van der Waals surface area contributed by atoms with Crippen molar-refractivity contribution in [3.63, 3.8) is 0 Å². The predicted molar refractivity (Wildman–Crippen MR) is 80.2 cm³/mol. The molecule has 0 saturated carbocycles.